The van der Waals surface area contributed by atoms with Gasteiger partial charge in [-0.1, -0.05) is 0 Å². The van der Waals surface area contributed by atoms with Gasteiger partial charge in [-0.2, -0.15) is 0 Å². The monoisotopic (exact) mass is 240 g/mol. The minimum absolute atomic E-state index is 0.0194. The van der Waals surface area contributed by atoms with E-state index in [-0.39, 0.29) is 11.9 Å². The third-order valence-corrected chi connectivity index (χ3v) is 2.24. The van der Waals surface area contributed by atoms with Crippen molar-refractivity contribution >= 4 is 5.91 Å². The lowest BCUT2D eigenvalue weighted by Gasteiger charge is -2.12. The van der Waals surface area contributed by atoms with Crippen LogP contribution in [-0.4, -0.2) is 38.8 Å². The second kappa shape index (κ2) is 7.86. The number of carbonyl (C=O) groups excluding carboxylic acids is 1. The van der Waals surface area contributed by atoms with Gasteiger partial charge in [0.2, 0.25) is 5.91 Å². The van der Waals surface area contributed by atoms with Gasteiger partial charge in [0.25, 0.3) is 0 Å². The molecule has 0 spiro atoms. The average molecular weight is 240 g/mol. The maximum absolute atomic E-state index is 11.4. The zero-order chi connectivity index (χ0) is 12.5. The molecule has 0 saturated heterocycles. The molecule has 1 atom stereocenters. The van der Waals surface area contributed by atoms with Crippen molar-refractivity contribution in [1.29, 1.82) is 0 Å². The van der Waals surface area contributed by atoms with Crippen LogP contribution in [0.5, 0.6) is 0 Å². The summed E-state index contributed by atoms with van der Waals surface area (Å²) in [6.07, 6.45) is 2.43. The largest absolute Gasteiger partial charge is 0.469 e. The number of ether oxygens (including phenoxy) is 1. The van der Waals surface area contributed by atoms with Crippen molar-refractivity contribution in [2.75, 3.05) is 26.8 Å². The van der Waals surface area contributed by atoms with Gasteiger partial charge in [-0.25, -0.2) is 0 Å². The van der Waals surface area contributed by atoms with Gasteiger partial charge in [0, 0.05) is 26.1 Å². The highest BCUT2D eigenvalue weighted by atomic mass is 16.5. The summed E-state index contributed by atoms with van der Waals surface area (Å²) < 4.78 is 10.1. The van der Waals surface area contributed by atoms with Gasteiger partial charge in [-0.3, -0.25) is 4.79 Å². The number of carbonyl (C=O) groups is 1. The van der Waals surface area contributed by atoms with Crippen molar-refractivity contribution in [2.24, 2.45) is 0 Å². The molecule has 1 aromatic rings. The smallest absolute Gasteiger partial charge is 0.234 e. The molecular weight excluding hydrogens is 220 g/mol. The number of hydrogen-bond donors (Lipinski definition) is 2. The fourth-order valence-corrected chi connectivity index (χ4v) is 1.49. The summed E-state index contributed by atoms with van der Waals surface area (Å²) in [5.41, 5.74) is 0. The molecule has 0 radical (unpaired) electrons. The molecule has 96 valence electrons. The van der Waals surface area contributed by atoms with Crippen molar-refractivity contribution in [2.45, 2.75) is 19.4 Å². The molecule has 17 heavy (non-hydrogen) atoms. The second-order valence-corrected chi connectivity index (χ2v) is 3.93. The third kappa shape index (κ3) is 6.09. The first kappa shape index (κ1) is 13.7. The molecule has 1 amide bonds. The molecule has 2 N–H and O–H groups in total. The van der Waals surface area contributed by atoms with E-state index in [0.717, 1.165) is 18.7 Å². The normalized spacial score (nSPS) is 12.4. The first-order chi connectivity index (χ1) is 8.22. The van der Waals surface area contributed by atoms with E-state index in [1.807, 2.05) is 19.1 Å². The lowest BCUT2D eigenvalue weighted by molar-refractivity contribution is -0.121. The lowest BCUT2D eigenvalue weighted by atomic mass is 10.3. The van der Waals surface area contributed by atoms with Crippen LogP contribution >= 0.6 is 0 Å². The van der Waals surface area contributed by atoms with E-state index in [1.165, 1.54) is 0 Å². The van der Waals surface area contributed by atoms with Gasteiger partial charge in [-0.05, 0) is 19.1 Å². The Morgan fingerprint density at radius 2 is 2.41 bits per heavy atom. The Morgan fingerprint density at radius 3 is 3.06 bits per heavy atom. The molecule has 0 aliphatic heterocycles. The van der Waals surface area contributed by atoms with E-state index in [1.54, 1.807) is 13.4 Å². The third-order valence-electron chi connectivity index (χ3n) is 2.24. The molecule has 5 heteroatoms. The lowest BCUT2D eigenvalue weighted by Crippen LogP contribution is -2.41. The van der Waals surface area contributed by atoms with Gasteiger partial charge >= 0.3 is 0 Å². The second-order valence-electron chi connectivity index (χ2n) is 3.93. The Morgan fingerprint density at radius 1 is 1.59 bits per heavy atom. The Kier molecular flexibility index (Phi) is 6.35. The van der Waals surface area contributed by atoms with Gasteiger partial charge in [0.1, 0.15) is 5.76 Å². The quantitative estimate of drug-likeness (QED) is 0.652. The summed E-state index contributed by atoms with van der Waals surface area (Å²) in [5, 5.41) is 5.88. The number of hydrogen-bond acceptors (Lipinski definition) is 4. The number of rotatable bonds is 8. The molecule has 1 heterocycles. The maximum Gasteiger partial charge on any atom is 0.234 e. The van der Waals surface area contributed by atoms with E-state index in [2.05, 4.69) is 10.6 Å². The maximum atomic E-state index is 11.4. The first-order valence-electron chi connectivity index (χ1n) is 5.73. The van der Waals surface area contributed by atoms with E-state index in [4.69, 9.17) is 9.15 Å². The highest BCUT2D eigenvalue weighted by molar-refractivity contribution is 5.78. The number of furan rings is 1. The molecular formula is C12H20N2O3. The summed E-state index contributed by atoms with van der Waals surface area (Å²) in [6.45, 7) is 3.47. The molecule has 5 nitrogen and oxygen atoms in total. The number of amides is 1. The standard InChI is InChI=1S/C12H20N2O3/c1-10(9-16-2)14-12(15)8-13-6-5-11-4-3-7-17-11/h3-4,7,10,13H,5-6,8-9H2,1-2H3,(H,14,15). The molecule has 1 unspecified atom stereocenters. The summed E-state index contributed by atoms with van der Waals surface area (Å²) in [7, 11) is 1.62. The van der Waals surface area contributed by atoms with Crippen molar-refractivity contribution in [3.05, 3.63) is 24.2 Å². The number of methoxy groups -OCH3 is 1. The predicted molar refractivity (Wildman–Crippen MR) is 64.8 cm³/mol. The van der Waals surface area contributed by atoms with Gasteiger partial charge < -0.3 is 19.8 Å². The molecule has 0 bridgehead atoms. The molecule has 0 aliphatic carbocycles. The molecule has 1 aromatic heterocycles. The van der Waals surface area contributed by atoms with E-state index >= 15 is 0 Å². The van der Waals surface area contributed by atoms with Crippen LogP contribution in [0.1, 0.15) is 12.7 Å². The van der Waals surface area contributed by atoms with Crippen molar-refractivity contribution in [1.82, 2.24) is 10.6 Å². The molecule has 0 fully saturated rings. The van der Waals surface area contributed by atoms with E-state index in [0.29, 0.717) is 13.2 Å². The molecule has 0 saturated carbocycles. The summed E-state index contributed by atoms with van der Waals surface area (Å²) in [6, 6.07) is 3.82. The minimum Gasteiger partial charge on any atom is -0.469 e. The average Bonchev–Trinajstić information content (AvgIpc) is 2.77. The van der Waals surface area contributed by atoms with Crippen LogP contribution in [0.2, 0.25) is 0 Å². The Labute approximate surface area is 102 Å². The molecule has 0 aliphatic rings. The Bertz CT molecular complexity index is 312. The van der Waals surface area contributed by atoms with Crippen LogP contribution in [0.15, 0.2) is 22.8 Å². The fourth-order valence-electron chi connectivity index (χ4n) is 1.49. The van der Waals surface area contributed by atoms with Crippen LogP contribution in [0.3, 0.4) is 0 Å². The summed E-state index contributed by atoms with van der Waals surface area (Å²) in [4.78, 5) is 11.4. The van der Waals surface area contributed by atoms with Crippen molar-refractivity contribution < 1.29 is 13.9 Å². The zero-order valence-electron chi connectivity index (χ0n) is 10.4. The van der Waals surface area contributed by atoms with Gasteiger partial charge in [0.05, 0.1) is 19.4 Å². The topological polar surface area (TPSA) is 63.5 Å². The molecule has 1 rings (SSSR count). The highest BCUT2D eigenvalue weighted by Crippen LogP contribution is 1.99. The van der Waals surface area contributed by atoms with Crippen LogP contribution in [0, 0.1) is 0 Å². The Balaban J connectivity index is 2.04. The van der Waals surface area contributed by atoms with E-state index < -0.39 is 0 Å². The van der Waals surface area contributed by atoms with Crippen molar-refractivity contribution in [3.8, 4) is 0 Å². The van der Waals surface area contributed by atoms with E-state index in [9.17, 15) is 4.79 Å². The van der Waals surface area contributed by atoms with Gasteiger partial charge in [-0.15, -0.1) is 0 Å². The number of nitrogens with one attached hydrogen (secondary N) is 2. The van der Waals surface area contributed by atoms with Crippen LogP contribution in [0.4, 0.5) is 0 Å². The van der Waals surface area contributed by atoms with Crippen LogP contribution < -0.4 is 10.6 Å². The first-order valence-corrected chi connectivity index (χ1v) is 5.73. The molecule has 0 aromatic carbocycles. The fraction of sp³-hybridized carbons (Fsp3) is 0.583. The van der Waals surface area contributed by atoms with Crippen LogP contribution in [-0.2, 0) is 16.0 Å². The van der Waals surface area contributed by atoms with Crippen LogP contribution in [0.25, 0.3) is 0 Å². The van der Waals surface area contributed by atoms with Gasteiger partial charge in [0.15, 0.2) is 0 Å². The summed E-state index contributed by atoms with van der Waals surface area (Å²) in [5.74, 6) is 0.902. The van der Waals surface area contributed by atoms with Crippen molar-refractivity contribution in [3.63, 3.8) is 0 Å². The highest BCUT2D eigenvalue weighted by Gasteiger charge is 2.06. The minimum atomic E-state index is -0.0194. The summed E-state index contributed by atoms with van der Waals surface area (Å²) >= 11 is 0. The SMILES string of the molecule is COCC(C)NC(=O)CNCCc1ccco1. The zero-order valence-corrected chi connectivity index (χ0v) is 10.4. The Hall–Kier alpha value is -1.33. The predicted octanol–water partition coefficient (Wildman–Crippen LogP) is 0.563.